The Morgan fingerprint density at radius 1 is 1.36 bits per heavy atom. The molecule has 0 radical (unpaired) electrons. The number of hydrogen-bond acceptors (Lipinski definition) is 7. The van der Waals surface area contributed by atoms with Crippen molar-refractivity contribution in [3.8, 4) is 0 Å². The molecule has 0 fully saturated rings. The third-order valence-corrected chi connectivity index (χ3v) is 6.91. The van der Waals surface area contributed by atoms with Gasteiger partial charge in [-0.25, -0.2) is 18.2 Å². The van der Waals surface area contributed by atoms with Crippen LogP contribution >= 0.6 is 11.3 Å². The molecule has 0 saturated heterocycles. The summed E-state index contributed by atoms with van der Waals surface area (Å²) in [6.45, 7) is 3.87. The van der Waals surface area contributed by atoms with E-state index in [1.807, 2.05) is 13.8 Å². The van der Waals surface area contributed by atoms with Gasteiger partial charge in [0.25, 0.3) is 5.69 Å². The van der Waals surface area contributed by atoms with Gasteiger partial charge < -0.3 is 5.32 Å². The van der Waals surface area contributed by atoms with Crippen molar-refractivity contribution in [3.05, 3.63) is 45.0 Å². The van der Waals surface area contributed by atoms with Gasteiger partial charge in [-0.3, -0.25) is 15.4 Å². The zero-order chi connectivity index (χ0) is 20.5. The van der Waals surface area contributed by atoms with Crippen LogP contribution in [0.25, 0.3) is 0 Å². The Morgan fingerprint density at radius 3 is 2.75 bits per heavy atom. The fraction of sp³-hybridized carbons (Fsp3) is 0.375. The van der Waals surface area contributed by atoms with E-state index in [9.17, 15) is 23.3 Å². The van der Waals surface area contributed by atoms with Crippen molar-refractivity contribution >= 4 is 38.2 Å². The maximum absolute atomic E-state index is 13.0. The number of urea groups is 1. The Hall–Kier alpha value is -2.57. The van der Waals surface area contributed by atoms with Gasteiger partial charge in [-0.1, -0.05) is 23.5 Å². The number of rotatable bonds is 5. The fourth-order valence-corrected chi connectivity index (χ4v) is 5.46. The van der Waals surface area contributed by atoms with E-state index in [0.29, 0.717) is 16.4 Å². The first-order valence-corrected chi connectivity index (χ1v) is 10.7. The second kappa shape index (κ2) is 7.81. The van der Waals surface area contributed by atoms with E-state index in [2.05, 4.69) is 15.6 Å². The molecule has 0 unspecified atom stereocenters. The Labute approximate surface area is 165 Å². The fourth-order valence-electron chi connectivity index (χ4n) is 2.79. The maximum atomic E-state index is 13.0. The highest BCUT2D eigenvalue weighted by atomic mass is 32.2. The van der Waals surface area contributed by atoms with Crippen molar-refractivity contribution in [3.63, 3.8) is 0 Å². The number of nitro benzene ring substituents is 1. The molecule has 0 bridgehead atoms. The average molecular weight is 425 g/mol. The number of nitrogens with zero attached hydrogens (tertiary/aromatic N) is 3. The SMILES string of the molecule is CC(C)NC(=O)Nc1nc2c(s1)CN(S(=O)(=O)c1ccccc1[N+](=O)[O-])CC2. The molecule has 2 heterocycles. The maximum Gasteiger partial charge on any atom is 0.321 e. The summed E-state index contributed by atoms with van der Waals surface area (Å²) in [6.07, 6.45) is 0.360. The number of benzene rings is 1. The van der Waals surface area contributed by atoms with Gasteiger partial charge in [-0.2, -0.15) is 4.31 Å². The topological polar surface area (TPSA) is 135 Å². The van der Waals surface area contributed by atoms with Crippen LogP contribution in [0.5, 0.6) is 0 Å². The summed E-state index contributed by atoms with van der Waals surface area (Å²) in [5.41, 5.74) is 0.268. The molecular weight excluding hydrogens is 406 g/mol. The van der Waals surface area contributed by atoms with E-state index in [-0.39, 0.29) is 30.1 Å². The number of thiazole rings is 1. The van der Waals surface area contributed by atoms with Crippen LogP contribution in [-0.4, -0.2) is 41.2 Å². The third kappa shape index (κ3) is 4.13. The lowest BCUT2D eigenvalue weighted by Crippen LogP contribution is -2.35. The van der Waals surface area contributed by atoms with Crippen molar-refractivity contribution in [2.45, 2.75) is 37.8 Å². The van der Waals surface area contributed by atoms with Gasteiger partial charge in [0.05, 0.1) is 17.2 Å². The van der Waals surface area contributed by atoms with Gasteiger partial charge in [0.1, 0.15) is 0 Å². The van der Waals surface area contributed by atoms with E-state index in [1.54, 1.807) is 0 Å². The molecule has 0 atom stereocenters. The third-order valence-electron chi connectivity index (χ3n) is 4.02. The largest absolute Gasteiger partial charge is 0.336 e. The molecule has 2 amide bonds. The van der Waals surface area contributed by atoms with Crippen LogP contribution in [0, 0.1) is 10.1 Å². The summed E-state index contributed by atoms with van der Waals surface area (Å²) in [5, 5.41) is 16.9. The molecule has 0 saturated carbocycles. The lowest BCUT2D eigenvalue weighted by atomic mass is 10.2. The van der Waals surface area contributed by atoms with Crippen molar-refractivity contribution in [1.29, 1.82) is 0 Å². The Balaban J connectivity index is 1.82. The predicted octanol–water partition coefficient (Wildman–Crippen LogP) is 2.33. The van der Waals surface area contributed by atoms with Crippen molar-refractivity contribution in [2.24, 2.45) is 0 Å². The number of hydrogen-bond donors (Lipinski definition) is 2. The molecule has 2 N–H and O–H groups in total. The number of carbonyl (C=O) groups is 1. The summed E-state index contributed by atoms with van der Waals surface area (Å²) in [7, 11) is -4.04. The second-order valence-corrected chi connectivity index (χ2v) is 9.45. The number of para-hydroxylation sites is 1. The first-order valence-electron chi connectivity index (χ1n) is 8.48. The first-order chi connectivity index (χ1) is 13.2. The number of sulfonamides is 1. The smallest absolute Gasteiger partial charge is 0.321 e. The summed E-state index contributed by atoms with van der Waals surface area (Å²) < 4.78 is 27.1. The lowest BCUT2D eigenvalue weighted by Gasteiger charge is -2.25. The molecular formula is C16H19N5O5S2. The normalized spacial score (nSPS) is 14.5. The molecule has 10 nitrogen and oxygen atoms in total. The van der Waals surface area contributed by atoms with Crippen LogP contribution in [0.1, 0.15) is 24.4 Å². The molecule has 1 aromatic heterocycles. The van der Waals surface area contributed by atoms with E-state index in [4.69, 9.17) is 0 Å². The molecule has 1 aromatic carbocycles. The number of aromatic nitrogens is 1. The van der Waals surface area contributed by atoms with Crippen molar-refractivity contribution in [2.75, 3.05) is 11.9 Å². The summed E-state index contributed by atoms with van der Waals surface area (Å²) in [6, 6.07) is 4.87. The van der Waals surface area contributed by atoms with Crippen LogP contribution in [-0.2, 0) is 23.0 Å². The number of amides is 2. The van der Waals surface area contributed by atoms with E-state index < -0.39 is 20.6 Å². The Kier molecular flexibility index (Phi) is 5.63. The summed E-state index contributed by atoms with van der Waals surface area (Å²) >= 11 is 1.19. The number of carbonyl (C=O) groups excluding carboxylic acids is 1. The first kappa shape index (κ1) is 20.2. The highest BCUT2D eigenvalue weighted by Crippen LogP contribution is 2.33. The average Bonchev–Trinajstić information content (AvgIpc) is 3.02. The zero-order valence-corrected chi connectivity index (χ0v) is 16.8. The Bertz CT molecular complexity index is 1020. The van der Waals surface area contributed by atoms with E-state index in [0.717, 1.165) is 5.69 Å². The molecule has 3 rings (SSSR count). The molecule has 0 aliphatic carbocycles. The molecule has 150 valence electrons. The van der Waals surface area contributed by atoms with Crippen LogP contribution in [0.4, 0.5) is 15.6 Å². The molecule has 0 spiro atoms. The minimum absolute atomic E-state index is 0.0307. The number of nitrogens with one attached hydrogen (secondary N) is 2. The number of fused-ring (bicyclic) bond motifs is 1. The quantitative estimate of drug-likeness (QED) is 0.558. The standard InChI is InChI=1S/C16H19N5O5S2/c1-10(2)17-15(22)19-16-18-11-7-8-20(9-13(11)27-16)28(25,26)14-6-4-3-5-12(14)21(23)24/h3-6,10H,7-9H2,1-2H3,(H2,17,18,19,22). The molecule has 28 heavy (non-hydrogen) atoms. The highest BCUT2D eigenvalue weighted by molar-refractivity contribution is 7.89. The van der Waals surface area contributed by atoms with E-state index >= 15 is 0 Å². The zero-order valence-electron chi connectivity index (χ0n) is 15.2. The van der Waals surface area contributed by atoms with Crippen LogP contribution in [0.2, 0.25) is 0 Å². The van der Waals surface area contributed by atoms with Gasteiger partial charge in [-0.15, -0.1) is 0 Å². The van der Waals surface area contributed by atoms with Crippen LogP contribution < -0.4 is 10.6 Å². The van der Waals surface area contributed by atoms with Crippen molar-refractivity contribution < 1.29 is 18.1 Å². The van der Waals surface area contributed by atoms with Gasteiger partial charge in [0.15, 0.2) is 10.0 Å². The van der Waals surface area contributed by atoms with Gasteiger partial charge in [0, 0.05) is 30.0 Å². The van der Waals surface area contributed by atoms with Gasteiger partial charge >= 0.3 is 6.03 Å². The van der Waals surface area contributed by atoms with Crippen molar-refractivity contribution in [1.82, 2.24) is 14.6 Å². The highest BCUT2D eigenvalue weighted by Gasteiger charge is 2.34. The van der Waals surface area contributed by atoms with E-state index in [1.165, 1.54) is 39.9 Å². The monoisotopic (exact) mass is 425 g/mol. The lowest BCUT2D eigenvalue weighted by molar-refractivity contribution is -0.387. The summed E-state index contributed by atoms with van der Waals surface area (Å²) in [4.78, 5) is 27.0. The summed E-state index contributed by atoms with van der Waals surface area (Å²) in [5.74, 6) is 0. The minimum Gasteiger partial charge on any atom is -0.336 e. The van der Waals surface area contributed by atoms with Gasteiger partial charge in [-0.05, 0) is 19.9 Å². The predicted molar refractivity (Wildman–Crippen MR) is 104 cm³/mol. The van der Waals surface area contributed by atoms with Gasteiger partial charge in [0.2, 0.25) is 10.0 Å². The minimum atomic E-state index is -4.04. The van der Waals surface area contributed by atoms with Crippen LogP contribution in [0.3, 0.4) is 0 Å². The molecule has 1 aliphatic rings. The number of anilines is 1. The second-order valence-electron chi connectivity index (χ2n) is 6.46. The molecule has 2 aromatic rings. The molecule has 12 heteroatoms. The number of nitro groups is 1. The Morgan fingerprint density at radius 2 is 2.07 bits per heavy atom. The molecule has 1 aliphatic heterocycles. The van der Waals surface area contributed by atoms with Crippen LogP contribution in [0.15, 0.2) is 29.2 Å².